The highest BCUT2D eigenvalue weighted by atomic mass is 32.2. The van der Waals surface area contributed by atoms with Gasteiger partial charge in [-0.25, -0.2) is 0 Å². The van der Waals surface area contributed by atoms with Gasteiger partial charge in [0.1, 0.15) is 0 Å². The Hall–Kier alpha value is -0.750. The minimum absolute atomic E-state index is 0.0509. The van der Waals surface area contributed by atoms with Crippen LogP contribution in [0.5, 0.6) is 0 Å². The van der Waals surface area contributed by atoms with E-state index >= 15 is 0 Å². The molecule has 4 N–H and O–H groups in total. The van der Waals surface area contributed by atoms with E-state index in [0.717, 1.165) is 18.6 Å². The van der Waals surface area contributed by atoms with Crippen LogP contribution in [0.25, 0.3) is 0 Å². The van der Waals surface area contributed by atoms with Crippen molar-refractivity contribution in [1.82, 2.24) is 4.90 Å². The lowest BCUT2D eigenvalue weighted by Gasteiger charge is -2.32. The third-order valence-electron chi connectivity index (χ3n) is 3.09. The fourth-order valence-electron chi connectivity index (χ4n) is 2.01. The second-order valence-electron chi connectivity index (χ2n) is 4.41. The lowest BCUT2D eigenvalue weighted by atomic mass is 9.97. The van der Waals surface area contributed by atoms with E-state index in [-0.39, 0.29) is 17.7 Å². The fraction of sp³-hybridized carbons (Fsp3) is 0.818. The van der Waals surface area contributed by atoms with Crippen molar-refractivity contribution < 1.29 is 9.59 Å². The molecule has 5 nitrogen and oxygen atoms in total. The van der Waals surface area contributed by atoms with Crippen LogP contribution < -0.4 is 11.5 Å². The third-order valence-corrected chi connectivity index (χ3v) is 3.73. The fourth-order valence-corrected chi connectivity index (χ4v) is 2.50. The van der Waals surface area contributed by atoms with Gasteiger partial charge in [-0.3, -0.25) is 9.59 Å². The normalized spacial score (nSPS) is 22.2. The van der Waals surface area contributed by atoms with Crippen LogP contribution >= 0.6 is 11.8 Å². The number of rotatable bonds is 5. The first-order chi connectivity index (χ1) is 8.06. The van der Waals surface area contributed by atoms with Crippen molar-refractivity contribution >= 4 is 23.6 Å². The summed E-state index contributed by atoms with van der Waals surface area (Å²) in [5.41, 5.74) is 11.1. The molecule has 0 aromatic carbocycles. The van der Waals surface area contributed by atoms with E-state index < -0.39 is 6.04 Å². The van der Waals surface area contributed by atoms with Gasteiger partial charge in [-0.15, -0.1) is 0 Å². The van der Waals surface area contributed by atoms with Crippen molar-refractivity contribution in [2.24, 2.45) is 17.4 Å². The number of amides is 2. The zero-order valence-electron chi connectivity index (χ0n) is 10.2. The largest absolute Gasteiger partial charge is 0.369 e. The van der Waals surface area contributed by atoms with Crippen molar-refractivity contribution in [2.75, 3.05) is 25.1 Å². The van der Waals surface area contributed by atoms with E-state index in [1.165, 1.54) is 0 Å². The number of thioether (sulfide) groups is 1. The predicted molar refractivity (Wildman–Crippen MR) is 69.5 cm³/mol. The molecular weight excluding hydrogens is 238 g/mol. The molecule has 0 spiro atoms. The molecule has 0 radical (unpaired) electrons. The number of nitrogens with two attached hydrogens (primary N) is 2. The number of hydrogen-bond donors (Lipinski definition) is 2. The molecule has 17 heavy (non-hydrogen) atoms. The van der Waals surface area contributed by atoms with Gasteiger partial charge in [0, 0.05) is 13.1 Å². The molecule has 2 atom stereocenters. The maximum Gasteiger partial charge on any atom is 0.239 e. The molecule has 1 aliphatic rings. The average molecular weight is 259 g/mol. The molecule has 0 bridgehead atoms. The average Bonchev–Trinajstić information content (AvgIpc) is 2.35. The molecule has 6 heteroatoms. The van der Waals surface area contributed by atoms with Crippen LogP contribution in [-0.2, 0) is 9.59 Å². The molecule has 1 unspecified atom stereocenters. The first-order valence-electron chi connectivity index (χ1n) is 5.89. The standard InChI is InChI=1S/C11H21N3O2S/c1-17-6-4-9(12)11(16)14-5-2-3-8(7-14)10(13)15/h8-9H,2-7,12H2,1H3,(H2,13,15)/t8?,9-/m1/s1. The van der Waals surface area contributed by atoms with E-state index in [9.17, 15) is 9.59 Å². The van der Waals surface area contributed by atoms with Crippen LogP contribution in [0.2, 0.25) is 0 Å². The molecule has 0 aliphatic carbocycles. The summed E-state index contributed by atoms with van der Waals surface area (Å²) in [4.78, 5) is 24.8. The summed E-state index contributed by atoms with van der Waals surface area (Å²) in [6.07, 6.45) is 4.27. The highest BCUT2D eigenvalue weighted by Gasteiger charge is 2.29. The number of piperidine rings is 1. The Balaban J connectivity index is 2.48. The maximum atomic E-state index is 12.0. The highest BCUT2D eigenvalue weighted by Crippen LogP contribution is 2.17. The number of carbonyl (C=O) groups is 2. The minimum Gasteiger partial charge on any atom is -0.369 e. The third kappa shape index (κ3) is 4.20. The molecule has 0 aromatic heterocycles. The number of likely N-dealkylation sites (tertiary alicyclic amines) is 1. The van der Waals surface area contributed by atoms with Gasteiger partial charge in [0.25, 0.3) is 0 Å². The Bertz CT molecular complexity index is 286. The first-order valence-corrected chi connectivity index (χ1v) is 7.28. The molecule has 1 rings (SSSR count). The van der Waals surface area contributed by atoms with E-state index in [1.54, 1.807) is 16.7 Å². The molecule has 1 aliphatic heterocycles. The zero-order valence-corrected chi connectivity index (χ0v) is 11.0. The second kappa shape index (κ2) is 6.86. The zero-order chi connectivity index (χ0) is 12.8. The lowest BCUT2D eigenvalue weighted by Crippen LogP contribution is -2.50. The maximum absolute atomic E-state index is 12.0. The van der Waals surface area contributed by atoms with Crippen LogP contribution in [0.1, 0.15) is 19.3 Å². The van der Waals surface area contributed by atoms with Gasteiger partial charge in [0.05, 0.1) is 12.0 Å². The van der Waals surface area contributed by atoms with Gasteiger partial charge in [0.15, 0.2) is 0 Å². The molecule has 0 saturated carbocycles. The van der Waals surface area contributed by atoms with E-state index in [2.05, 4.69) is 0 Å². The Labute approximate surface area is 106 Å². The van der Waals surface area contributed by atoms with Crippen molar-refractivity contribution in [3.63, 3.8) is 0 Å². The van der Waals surface area contributed by atoms with E-state index in [1.807, 2.05) is 6.26 Å². The number of primary amides is 1. The number of carbonyl (C=O) groups excluding carboxylic acids is 2. The summed E-state index contributed by atoms with van der Waals surface area (Å²) in [5.74, 6) is 0.297. The van der Waals surface area contributed by atoms with Gasteiger partial charge in [-0.2, -0.15) is 11.8 Å². The number of nitrogens with zero attached hydrogens (tertiary/aromatic N) is 1. The van der Waals surface area contributed by atoms with E-state index in [4.69, 9.17) is 11.5 Å². The monoisotopic (exact) mass is 259 g/mol. The van der Waals surface area contributed by atoms with E-state index in [0.29, 0.717) is 19.5 Å². The highest BCUT2D eigenvalue weighted by molar-refractivity contribution is 7.98. The molecule has 0 aromatic rings. The predicted octanol–water partition coefficient (Wildman–Crippen LogP) is -0.209. The first kappa shape index (κ1) is 14.3. The lowest BCUT2D eigenvalue weighted by molar-refractivity contribution is -0.136. The Morgan fingerprint density at radius 3 is 2.82 bits per heavy atom. The molecule has 98 valence electrons. The van der Waals surface area contributed by atoms with Gasteiger partial charge >= 0.3 is 0 Å². The van der Waals surface area contributed by atoms with Crippen LogP contribution in [0.4, 0.5) is 0 Å². The molecule has 1 saturated heterocycles. The summed E-state index contributed by atoms with van der Waals surface area (Å²) in [6, 6.07) is -0.450. The molecule has 1 fully saturated rings. The minimum atomic E-state index is -0.450. The van der Waals surface area contributed by atoms with Gasteiger partial charge in [-0.1, -0.05) is 0 Å². The smallest absolute Gasteiger partial charge is 0.239 e. The summed E-state index contributed by atoms with van der Waals surface area (Å²) >= 11 is 1.67. The quantitative estimate of drug-likeness (QED) is 0.715. The Kier molecular flexibility index (Phi) is 5.77. The van der Waals surface area contributed by atoms with Gasteiger partial charge in [0.2, 0.25) is 11.8 Å². The number of hydrogen-bond acceptors (Lipinski definition) is 4. The molecule has 1 heterocycles. The van der Waals surface area contributed by atoms with Crippen molar-refractivity contribution in [2.45, 2.75) is 25.3 Å². The summed E-state index contributed by atoms with van der Waals surface area (Å²) in [6.45, 7) is 1.12. The summed E-state index contributed by atoms with van der Waals surface area (Å²) in [7, 11) is 0. The molecular formula is C11H21N3O2S. The second-order valence-corrected chi connectivity index (χ2v) is 5.40. The van der Waals surface area contributed by atoms with Crippen LogP contribution in [0.3, 0.4) is 0 Å². The van der Waals surface area contributed by atoms with Crippen LogP contribution in [0.15, 0.2) is 0 Å². The van der Waals surface area contributed by atoms with Gasteiger partial charge < -0.3 is 16.4 Å². The Morgan fingerprint density at radius 2 is 2.24 bits per heavy atom. The van der Waals surface area contributed by atoms with Crippen LogP contribution in [0, 0.1) is 5.92 Å². The molecule has 2 amide bonds. The van der Waals surface area contributed by atoms with Crippen LogP contribution in [-0.4, -0.2) is 47.9 Å². The van der Waals surface area contributed by atoms with Gasteiger partial charge in [-0.05, 0) is 31.3 Å². The topological polar surface area (TPSA) is 89.4 Å². The Morgan fingerprint density at radius 1 is 1.53 bits per heavy atom. The summed E-state index contributed by atoms with van der Waals surface area (Å²) < 4.78 is 0. The van der Waals surface area contributed by atoms with Crippen molar-refractivity contribution in [3.05, 3.63) is 0 Å². The summed E-state index contributed by atoms with van der Waals surface area (Å²) in [5, 5.41) is 0. The SMILES string of the molecule is CSCC[C@@H](N)C(=O)N1CCCC(C(N)=O)C1. The van der Waals surface area contributed by atoms with Crippen molar-refractivity contribution in [1.29, 1.82) is 0 Å². The van der Waals surface area contributed by atoms with Crippen molar-refractivity contribution in [3.8, 4) is 0 Å².